The van der Waals surface area contributed by atoms with Gasteiger partial charge in [-0.25, -0.2) is 4.39 Å². The molecule has 0 radical (unpaired) electrons. The van der Waals surface area contributed by atoms with Crippen molar-refractivity contribution in [3.8, 4) is 0 Å². The van der Waals surface area contributed by atoms with Crippen molar-refractivity contribution in [2.45, 2.75) is 13.5 Å². The first-order valence-corrected chi connectivity index (χ1v) is 9.08. The van der Waals surface area contributed by atoms with Gasteiger partial charge in [-0.15, -0.1) is 21.5 Å². The Morgan fingerprint density at radius 1 is 1.32 bits per heavy atom. The van der Waals surface area contributed by atoms with E-state index in [9.17, 15) is 9.18 Å². The van der Waals surface area contributed by atoms with Crippen LogP contribution >= 0.6 is 22.7 Å². The number of anilines is 1. The Kier molecular flexibility index (Phi) is 4.02. The summed E-state index contributed by atoms with van der Waals surface area (Å²) in [5.74, 6) is -0.483. The van der Waals surface area contributed by atoms with Crippen LogP contribution in [-0.4, -0.2) is 25.9 Å². The number of hydrogen-bond donors (Lipinski definition) is 1. The molecule has 3 aromatic heterocycles. The molecule has 0 spiro atoms. The predicted octanol–water partition coefficient (Wildman–Crippen LogP) is 3.70. The minimum atomic E-state index is -0.266. The maximum Gasteiger partial charge on any atom is 0.267 e. The second-order valence-corrected chi connectivity index (χ2v) is 7.26. The molecule has 6 nitrogen and oxygen atoms in total. The number of carbonyl (C=O) groups is 1. The molecule has 0 unspecified atom stereocenters. The zero-order valence-corrected chi connectivity index (χ0v) is 14.7. The first-order chi connectivity index (χ1) is 12.1. The second-order valence-electron chi connectivity index (χ2n) is 5.40. The first kappa shape index (κ1) is 15.9. The number of hydrogen-bond acceptors (Lipinski definition) is 6. The van der Waals surface area contributed by atoms with E-state index >= 15 is 0 Å². The minimum absolute atomic E-state index is 0.217. The Hall–Kier alpha value is -2.65. The number of carbonyl (C=O) groups excluding carboxylic acids is 1. The molecule has 3 heterocycles. The number of fused-ring (bicyclic) bond motifs is 1. The molecule has 25 heavy (non-hydrogen) atoms. The van der Waals surface area contributed by atoms with Crippen LogP contribution in [0.15, 0.2) is 35.8 Å². The van der Waals surface area contributed by atoms with Gasteiger partial charge in [-0.3, -0.25) is 14.8 Å². The maximum atomic E-state index is 13.1. The number of benzene rings is 1. The van der Waals surface area contributed by atoms with E-state index in [1.165, 1.54) is 34.8 Å². The fourth-order valence-electron chi connectivity index (χ4n) is 2.48. The molecule has 0 fully saturated rings. The number of nitrogens with zero attached hydrogens (tertiary/aromatic N) is 4. The monoisotopic (exact) mass is 373 g/mol. The molecule has 9 heteroatoms. The van der Waals surface area contributed by atoms with Crippen molar-refractivity contribution in [2.24, 2.45) is 0 Å². The van der Waals surface area contributed by atoms with Crippen LogP contribution in [0.2, 0.25) is 0 Å². The lowest BCUT2D eigenvalue weighted by Crippen LogP contribution is -2.09. The first-order valence-electron chi connectivity index (χ1n) is 7.39. The summed E-state index contributed by atoms with van der Waals surface area (Å²) in [5, 5.41) is 16.2. The molecular formula is C16H12FN5OS2. The lowest BCUT2D eigenvalue weighted by atomic mass is 10.2. The Labute approximate surface area is 149 Å². The molecule has 4 rings (SSSR count). The summed E-state index contributed by atoms with van der Waals surface area (Å²) in [7, 11) is 0. The quantitative estimate of drug-likeness (QED) is 0.592. The highest BCUT2D eigenvalue weighted by molar-refractivity contribution is 7.20. The summed E-state index contributed by atoms with van der Waals surface area (Å²) >= 11 is 2.63. The molecule has 0 aliphatic carbocycles. The number of rotatable bonds is 4. The number of thiophene rings is 1. The van der Waals surface area contributed by atoms with Gasteiger partial charge in [0.1, 0.15) is 16.2 Å². The molecule has 126 valence electrons. The van der Waals surface area contributed by atoms with E-state index in [0.29, 0.717) is 16.6 Å². The molecule has 1 N–H and O–H groups in total. The zero-order valence-electron chi connectivity index (χ0n) is 13.1. The normalized spacial score (nSPS) is 11.1. The van der Waals surface area contributed by atoms with E-state index in [2.05, 4.69) is 20.6 Å². The molecule has 0 aliphatic heterocycles. The summed E-state index contributed by atoms with van der Waals surface area (Å²) in [6.45, 7) is 2.42. The van der Waals surface area contributed by atoms with Crippen LogP contribution in [0.3, 0.4) is 0 Å². The van der Waals surface area contributed by atoms with Gasteiger partial charge in [-0.1, -0.05) is 23.5 Å². The fraction of sp³-hybridized carbons (Fsp3) is 0.125. The van der Waals surface area contributed by atoms with Crippen LogP contribution in [0.25, 0.3) is 10.2 Å². The van der Waals surface area contributed by atoms with E-state index in [1.54, 1.807) is 17.6 Å². The van der Waals surface area contributed by atoms with E-state index in [0.717, 1.165) is 21.5 Å². The highest BCUT2D eigenvalue weighted by atomic mass is 32.1. The van der Waals surface area contributed by atoms with Gasteiger partial charge in [-0.05, 0) is 30.7 Å². The Balaban J connectivity index is 1.64. The molecule has 0 saturated carbocycles. The number of halogens is 1. The number of amides is 1. The van der Waals surface area contributed by atoms with Crippen LogP contribution in [0.5, 0.6) is 0 Å². The summed E-state index contributed by atoms with van der Waals surface area (Å²) in [4.78, 5) is 13.9. The van der Waals surface area contributed by atoms with Gasteiger partial charge in [-0.2, -0.15) is 5.10 Å². The van der Waals surface area contributed by atoms with Crippen LogP contribution in [0.4, 0.5) is 9.52 Å². The summed E-state index contributed by atoms with van der Waals surface area (Å²) in [6, 6.07) is 8.15. The second kappa shape index (κ2) is 6.34. The molecule has 0 atom stereocenters. The van der Waals surface area contributed by atoms with Crippen molar-refractivity contribution in [1.29, 1.82) is 0 Å². The largest absolute Gasteiger partial charge is 0.296 e. The standard InChI is InChI=1S/C16H12FN5OS2/c1-9-12-6-13(14(23)19-16-20-18-8-24-16)25-15(12)22(21-9)7-10-2-4-11(17)5-3-10/h2-6,8H,7H2,1H3,(H,19,20,23). The Bertz CT molecular complexity index is 1040. The van der Waals surface area contributed by atoms with Crippen LogP contribution in [-0.2, 0) is 6.54 Å². The van der Waals surface area contributed by atoms with Gasteiger partial charge in [0.2, 0.25) is 5.13 Å². The predicted molar refractivity (Wildman–Crippen MR) is 95.7 cm³/mol. The lowest BCUT2D eigenvalue weighted by Gasteiger charge is -2.03. The topological polar surface area (TPSA) is 72.7 Å². The average molecular weight is 373 g/mol. The van der Waals surface area contributed by atoms with E-state index in [4.69, 9.17) is 0 Å². The number of nitrogens with one attached hydrogen (secondary N) is 1. The van der Waals surface area contributed by atoms with E-state index < -0.39 is 0 Å². The molecule has 1 amide bonds. The third-order valence-electron chi connectivity index (χ3n) is 3.66. The Morgan fingerprint density at radius 2 is 2.12 bits per heavy atom. The summed E-state index contributed by atoms with van der Waals surface area (Å²) < 4.78 is 14.9. The summed E-state index contributed by atoms with van der Waals surface area (Å²) in [5.41, 5.74) is 3.35. The van der Waals surface area contributed by atoms with Crippen LogP contribution in [0.1, 0.15) is 20.9 Å². The van der Waals surface area contributed by atoms with Crippen molar-refractivity contribution in [2.75, 3.05) is 5.32 Å². The lowest BCUT2D eigenvalue weighted by molar-refractivity contribution is 0.103. The highest BCUT2D eigenvalue weighted by Gasteiger charge is 2.17. The smallest absolute Gasteiger partial charge is 0.267 e. The molecular weight excluding hydrogens is 361 g/mol. The highest BCUT2D eigenvalue weighted by Crippen LogP contribution is 2.29. The average Bonchev–Trinajstić information content (AvgIpc) is 3.29. The summed E-state index contributed by atoms with van der Waals surface area (Å²) in [6.07, 6.45) is 0. The molecule has 1 aromatic carbocycles. The zero-order chi connectivity index (χ0) is 17.4. The third kappa shape index (κ3) is 3.15. The van der Waals surface area contributed by atoms with Gasteiger partial charge < -0.3 is 0 Å². The van der Waals surface area contributed by atoms with Gasteiger partial charge in [0, 0.05) is 5.39 Å². The van der Waals surface area contributed by atoms with Crippen LogP contribution < -0.4 is 5.32 Å². The third-order valence-corrected chi connectivity index (χ3v) is 5.41. The van der Waals surface area contributed by atoms with E-state index in [-0.39, 0.29) is 11.7 Å². The van der Waals surface area contributed by atoms with Crippen molar-refractivity contribution in [1.82, 2.24) is 20.0 Å². The molecule has 0 saturated heterocycles. The van der Waals surface area contributed by atoms with Crippen molar-refractivity contribution < 1.29 is 9.18 Å². The Morgan fingerprint density at radius 3 is 2.84 bits per heavy atom. The van der Waals surface area contributed by atoms with Gasteiger partial charge in [0.15, 0.2) is 0 Å². The van der Waals surface area contributed by atoms with Crippen LogP contribution in [0, 0.1) is 12.7 Å². The molecule has 4 aromatic rings. The number of aryl methyl sites for hydroxylation is 1. The van der Waals surface area contributed by atoms with Gasteiger partial charge in [0.25, 0.3) is 5.91 Å². The van der Waals surface area contributed by atoms with Crippen molar-refractivity contribution >= 4 is 43.9 Å². The van der Waals surface area contributed by atoms with Crippen molar-refractivity contribution in [3.05, 3.63) is 57.8 Å². The fourth-order valence-corrected chi connectivity index (χ4v) is 3.98. The maximum absolute atomic E-state index is 13.1. The van der Waals surface area contributed by atoms with Gasteiger partial charge in [0.05, 0.1) is 17.1 Å². The number of aromatic nitrogens is 4. The molecule has 0 aliphatic rings. The SMILES string of the molecule is Cc1nn(Cc2ccc(F)cc2)c2sc(C(=O)Nc3nncs3)cc12. The molecule has 0 bridgehead atoms. The van der Waals surface area contributed by atoms with Gasteiger partial charge >= 0.3 is 0 Å². The van der Waals surface area contributed by atoms with Crippen molar-refractivity contribution in [3.63, 3.8) is 0 Å². The minimum Gasteiger partial charge on any atom is -0.296 e. The van der Waals surface area contributed by atoms with E-state index in [1.807, 2.05) is 17.7 Å².